The fourth-order valence-electron chi connectivity index (χ4n) is 0.963. The standard InChI is InChI=1S/C8H13N3O/c1-12-8-5-6(10)4-7(11-8)2-3-9/h4-5H,2-3,9H2,1H3,(H2,10,11). The van der Waals surface area contributed by atoms with Gasteiger partial charge < -0.3 is 16.2 Å². The minimum absolute atomic E-state index is 0.540. The Bertz CT molecular complexity index is 262. The van der Waals surface area contributed by atoms with E-state index in [-0.39, 0.29) is 0 Å². The van der Waals surface area contributed by atoms with Crippen molar-refractivity contribution in [2.24, 2.45) is 5.73 Å². The Kier molecular flexibility index (Phi) is 2.88. The van der Waals surface area contributed by atoms with Gasteiger partial charge in [0.1, 0.15) is 0 Å². The third-order valence-corrected chi connectivity index (χ3v) is 1.49. The number of rotatable bonds is 3. The van der Waals surface area contributed by atoms with Gasteiger partial charge in [-0.05, 0) is 12.6 Å². The Morgan fingerprint density at radius 1 is 1.50 bits per heavy atom. The van der Waals surface area contributed by atoms with E-state index in [1.165, 1.54) is 0 Å². The first-order valence-electron chi connectivity index (χ1n) is 3.76. The van der Waals surface area contributed by atoms with Crippen LogP contribution in [0.5, 0.6) is 5.88 Å². The average molecular weight is 167 g/mol. The fraction of sp³-hybridized carbons (Fsp3) is 0.375. The van der Waals surface area contributed by atoms with E-state index in [2.05, 4.69) is 4.98 Å². The van der Waals surface area contributed by atoms with Gasteiger partial charge in [-0.3, -0.25) is 0 Å². The van der Waals surface area contributed by atoms with E-state index >= 15 is 0 Å². The monoisotopic (exact) mass is 167 g/mol. The van der Waals surface area contributed by atoms with Crippen LogP contribution < -0.4 is 16.2 Å². The lowest BCUT2D eigenvalue weighted by Crippen LogP contribution is -2.05. The predicted molar refractivity (Wildman–Crippen MR) is 48.0 cm³/mol. The molecule has 1 aromatic rings. The summed E-state index contributed by atoms with van der Waals surface area (Å²) >= 11 is 0. The zero-order valence-electron chi connectivity index (χ0n) is 7.08. The van der Waals surface area contributed by atoms with Gasteiger partial charge in [-0.25, -0.2) is 4.98 Å². The van der Waals surface area contributed by atoms with Crippen LogP contribution in [0, 0.1) is 0 Å². The summed E-state index contributed by atoms with van der Waals surface area (Å²) in [5.41, 5.74) is 12.5. The molecular weight excluding hydrogens is 154 g/mol. The molecule has 1 heterocycles. The molecule has 4 N–H and O–H groups in total. The molecule has 0 fully saturated rings. The molecule has 1 rings (SSSR count). The van der Waals surface area contributed by atoms with E-state index in [1.54, 1.807) is 19.2 Å². The van der Waals surface area contributed by atoms with Crippen LogP contribution >= 0.6 is 0 Å². The normalized spacial score (nSPS) is 9.83. The Morgan fingerprint density at radius 2 is 2.25 bits per heavy atom. The molecule has 0 radical (unpaired) electrons. The molecule has 0 bridgehead atoms. The fourth-order valence-corrected chi connectivity index (χ4v) is 0.963. The van der Waals surface area contributed by atoms with Crippen molar-refractivity contribution in [2.45, 2.75) is 6.42 Å². The highest BCUT2D eigenvalue weighted by atomic mass is 16.5. The second-order valence-electron chi connectivity index (χ2n) is 2.47. The largest absolute Gasteiger partial charge is 0.481 e. The van der Waals surface area contributed by atoms with E-state index in [1.807, 2.05) is 0 Å². The first-order valence-corrected chi connectivity index (χ1v) is 3.76. The van der Waals surface area contributed by atoms with E-state index < -0.39 is 0 Å². The summed E-state index contributed by atoms with van der Waals surface area (Å²) in [6.07, 6.45) is 0.724. The highest BCUT2D eigenvalue weighted by Crippen LogP contribution is 2.13. The lowest BCUT2D eigenvalue weighted by Gasteiger charge is -2.03. The minimum Gasteiger partial charge on any atom is -0.481 e. The van der Waals surface area contributed by atoms with E-state index in [9.17, 15) is 0 Å². The number of hydrogen-bond acceptors (Lipinski definition) is 4. The number of nitrogens with zero attached hydrogens (tertiary/aromatic N) is 1. The highest BCUT2D eigenvalue weighted by Gasteiger charge is 1.99. The van der Waals surface area contributed by atoms with Crippen LogP contribution in [0.15, 0.2) is 12.1 Å². The summed E-state index contributed by atoms with van der Waals surface area (Å²) in [4.78, 5) is 4.16. The lowest BCUT2D eigenvalue weighted by molar-refractivity contribution is 0.396. The van der Waals surface area contributed by atoms with Crippen LogP contribution in [-0.2, 0) is 6.42 Å². The smallest absolute Gasteiger partial charge is 0.215 e. The Morgan fingerprint density at radius 3 is 2.83 bits per heavy atom. The quantitative estimate of drug-likeness (QED) is 0.673. The van der Waals surface area contributed by atoms with Gasteiger partial charge in [0.25, 0.3) is 0 Å². The number of anilines is 1. The second-order valence-corrected chi connectivity index (χ2v) is 2.47. The maximum Gasteiger partial charge on any atom is 0.215 e. The average Bonchev–Trinajstić information content (AvgIpc) is 2.04. The van der Waals surface area contributed by atoms with Crippen molar-refractivity contribution in [2.75, 3.05) is 19.4 Å². The number of hydrogen-bond donors (Lipinski definition) is 2. The summed E-state index contributed by atoms with van der Waals surface area (Å²) < 4.78 is 4.95. The Balaban J connectivity index is 2.90. The molecule has 0 aliphatic carbocycles. The van der Waals surface area contributed by atoms with Crippen molar-refractivity contribution >= 4 is 5.69 Å². The van der Waals surface area contributed by atoms with Crippen LogP contribution in [0.1, 0.15) is 5.69 Å². The first-order chi connectivity index (χ1) is 5.76. The van der Waals surface area contributed by atoms with Gasteiger partial charge in [0.05, 0.1) is 7.11 Å². The zero-order valence-corrected chi connectivity index (χ0v) is 7.08. The molecular formula is C8H13N3O. The second kappa shape index (κ2) is 3.92. The minimum atomic E-state index is 0.540. The maximum absolute atomic E-state index is 5.60. The topological polar surface area (TPSA) is 74.2 Å². The van der Waals surface area contributed by atoms with E-state index in [0.29, 0.717) is 18.1 Å². The van der Waals surface area contributed by atoms with Crippen molar-refractivity contribution in [3.05, 3.63) is 17.8 Å². The molecule has 0 amide bonds. The van der Waals surface area contributed by atoms with Crippen LogP contribution in [0.25, 0.3) is 0 Å². The van der Waals surface area contributed by atoms with E-state index in [0.717, 1.165) is 12.1 Å². The molecule has 0 atom stereocenters. The number of nitrogen functional groups attached to an aromatic ring is 1. The van der Waals surface area contributed by atoms with Gasteiger partial charge in [-0.15, -0.1) is 0 Å². The molecule has 0 aliphatic heterocycles. The predicted octanol–water partition coefficient (Wildman–Crippen LogP) is 0.174. The number of aromatic nitrogens is 1. The highest BCUT2D eigenvalue weighted by molar-refractivity contribution is 5.42. The molecule has 0 aliphatic rings. The van der Waals surface area contributed by atoms with Crippen LogP contribution in [0.2, 0.25) is 0 Å². The van der Waals surface area contributed by atoms with E-state index in [4.69, 9.17) is 16.2 Å². The Labute approximate surface area is 71.5 Å². The van der Waals surface area contributed by atoms with Crippen LogP contribution in [0.4, 0.5) is 5.69 Å². The summed E-state index contributed by atoms with van der Waals surface area (Å²) in [6, 6.07) is 3.48. The molecule has 0 spiro atoms. The van der Waals surface area contributed by atoms with Crippen LogP contribution in [0.3, 0.4) is 0 Å². The van der Waals surface area contributed by atoms with Crippen molar-refractivity contribution in [3.8, 4) is 5.88 Å². The molecule has 4 nitrogen and oxygen atoms in total. The number of nitrogens with two attached hydrogens (primary N) is 2. The molecule has 0 aromatic carbocycles. The molecule has 4 heteroatoms. The molecule has 0 saturated carbocycles. The number of ether oxygens (including phenoxy) is 1. The molecule has 0 unspecified atom stereocenters. The zero-order chi connectivity index (χ0) is 8.97. The maximum atomic E-state index is 5.60. The molecule has 66 valence electrons. The van der Waals surface area contributed by atoms with Gasteiger partial charge in [0.2, 0.25) is 5.88 Å². The van der Waals surface area contributed by atoms with Gasteiger partial charge in [-0.1, -0.05) is 0 Å². The summed E-state index contributed by atoms with van der Waals surface area (Å²) in [6.45, 7) is 0.569. The Hall–Kier alpha value is -1.29. The third kappa shape index (κ3) is 2.10. The van der Waals surface area contributed by atoms with Gasteiger partial charge in [0, 0.05) is 23.9 Å². The number of methoxy groups -OCH3 is 1. The van der Waals surface area contributed by atoms with Gasteiger partial charge in [0.15, 0.2) is 0 Å². The van der Waals surface area contributed by atoms with Crippen LogP contribution in [-0.4, -0.2) is 18.6 Å². The van der Waals surface area contributed by atoms with Gasteiger partial charge >= 0.3 is 0 Å². The third-order valence-electron chi connectivity index (χ3n) is 1.49. The first kappa shape index (κ1) is 8.80. The molecule has 0 saturated heterocycles. The van der Waals surface area contributed by atoms with Gasteiger partial charge in [-0.2, -0.15) is 0 Å². The molecule has 12 heavy (non-hydrogen) atoms. The summed E-state index contributed by atoms with van der Waals surface area (Å²) in [7, 11) is 1.56. The number of pyridine rings is 1. The molecule has 1 aromatic heterocycles. The van der Waals surface area contributed by atoms with Crippen molar-refractivity contribution in [1.29, 1.82) is 0 Å². The lowest BCUT2D eigenvalue weighted by atomic mass is 10.2. The summed E-state index contributed by atoms with van der Waals surface area (Å²) in [5.74, 6) is 0.540. The summed E-state index contributed by atoms with van der Waals surface area (Å²) in [5, 5.41) is 0. The van der Waals surface area contributed by atoms with Crippen molar-refractivity contribution in [3.63, 3.8) is 0 Å². The van der Waals surface area contributed by atoms with Crippen molar-refractivity contribution in [1.82, 2.24) is 4.98 Å². The van der Waals surface area contributed by atoms with Crippen molar-refractivity contribution < 1.29 is 4.74 Å². The SMILES string of the molecule is COc1cc(N)cc(CCN)n1.